The number of esters is 1. The lowest BCUT2D eigenvalue weighted by atomic mass is 9.77. The van der Waals surface area contributed by atoms with Crippen LogP contribution in [0.3, 0.4) is 0 Å². The Morgan fingerprint density at radius 2 is 1.85 bits per heavy atom. The summed E-state index contributed by atoms with van der Waals surface area (Å²) < 4.78 is 12.6. The van der Waals surface area contributed by atoms with E-state index in [0.29, 0.717) is 23.6 Å². The number of aromatic nitrogens is 2. The Hall–Kier alpha value is -2.34. The number of imidazole rings is 1. The molecule has 0 aliphatic carbocycles. The van der Waals surface area contributed by atoms with E-state index in [0.717, 1.165) is 0 Å². The molecule has 140 valence electrons. The fourth-order valence-electron chi connectivity index (χ4n) is 2.79. The summed E-state index contributed by atoms with van der Waals surface area (Å²) in [5, 5.41) is 0.561. The minimum Gasteiger partial charge on any atom is -0.465 e. The number of Topliss-reactive ketones (excluding diaryl/α,β-unsaturated/α-hetero) is 1. The number of carbonyl (C=O) groups excluding carboxylic acids is 2. The van der Waals surface area contributed by atoms with Crippen LogP contribution in [0.4, 0.5) is 0 Å². The molecule has 0 fully saturated rings. The van der Waals surface area contributed by atoms with Crippen molar-refractivity contribution in [3.8, 4) is 5.75 Å². The minimum atomic E-state index is -1.28. The summed E-state index contributed by atoms with van der Waals surface area (Å²) in [6, 6.07) is 6.68. The predicted molar refractivity (Wildman–Crippen MR) is 98.0 cm³/mol. The molecule has 0 saturated carbocycles. The molecule has 0 saturated heterocycles. The third kappa shape index (κ3) is 4.07. The first kappa shape index (κ1) is 20.0. The van der Waals surface area contributed by atoms with Crippen LogP contribution in [-0.2, 0) is 14.3 Å². The Morgan fingerprint density at radius 3 is 2.35 bits per heavy atom. The molecule has 1 unspecified atom stereocenters. The molecular formula is C19H23ClN2O4. The van der Waals surface area contributed by atoms with Crippen molar-refractivity contribution >= 4 is 23.4 Å². The van der Waals surface area contributed by atoms with Crippen molar-refractivity contribution in [2.24, 2.45) is 5.41 Å². The van der Waals surface area contributed by atoms with Crippen molar-refractivity contribution in [1.82, 2.24) is 9.55 Å². The van der Waals surface area contributed by atoms with Gasteiger partial charge in [0.25, 0.3) is 0 Å². The SMILES string of the molecule is CCOC(=O)C(CC)(CC)C(=O)C(Oc1ccc(Cl)cc1)n1ccnc1. The van der Waals surface area contributed by atoms with Crippen molar-refractivity contribution in [2.45, 2.75) is 39.8 Å². The Morgan fingerprint density at radius 1 is 1.19 bits per heavy atom. The second-order valence-corrected chi connectivity index (χ2v) is 6.24. The molecular weight excluding hydrogens is 356 g/mol. The maximum absolute atomic E-state index is 13.4. The fraction of sp³-hybridized carbons (Fsp3) is 0.421. The van der Waals surface area contributed by atoms with Gasteiger partial charge in [0, 0.05) is 17.4 Å². The highest BCUT2D eigenvalue weighted by molar-refractivity contribution is 6.30. The molecule has 1 heterocycles. The van der Waals surface area contributed by atoms with Gasteiger partial charge in [-0.1, -0.05) is 25.4 Å². The number of halogens is 1. The second-order valence-electron chi connectivity index (χ2n) is 5.81. The van der Waals surface area contributed by atoms with E-state index < -0.39 is 17.6 Å². The van der Waals surface area contributed by atoms with Crippen LogP contribution in [0.5, 0.6) is 5.75 Å². The molecule has 0 bridgehead atoms. The average Bonchev–Trinajstić information content (AvgIpc) is 3.17. The number of nitrogens with zero attached hydrogens (tertiary/aromatic N) is 2. The van der Waals surface area contributed by atoms with Gasteiger partial charge in [-0.25, -0.2) is 4.98 Å². The lowest BCUT2D eigenvalue weighted by Gasteiger charge is -2.31. The van der Waals surface area contributed by atoms with E-state index in [4.69, 9.17) is 21.1 Å². The van der Waals surface area contributed by atoms with Gasteiger partial charge in [-0.05, 0) is 44.0 Å². The predicted octanol–water partition coefficient (Wildman–Crippen LogP) is 4.05. The highest BCUT2D eigenvalue weighted by Crippen LogP contribution is 2.35. The van der Waals surface area contributed by atoms with Crippen LogP contribution >= 0.6 is 11.6 Å². The van der Waals surface area contributed by atoms with E-state index in [1.165, 1.54) is 10.9 Å². The van der Waals surface area contributed by atoms with E-state index in [9.17, 15) is 9.59 Å². The van der Waals surface area contributed by atoms with E-state index >= 15 is 0 Å². The van der Waals surface area contributed by atoms with Gasteiger partial charge in [0.1, 0.15) is 11.2 Å². The Balaban J connectivity index is 2.41. The summed E-state index contributed by atoms with van der Waals surface area (Å²) in [4.78, 5) is 30.0. The quantitative estimate of drug-likeness (QED) is 0.486. The maximum atomic E-state index is 13.4. The number of hydrogen-bond donors (Lipinski definition) is 0. The van der Waals surface area contributed by atoms with E-state index in [-0.39, 0.29) is 12.4 Å². The standard InChI is InChI=1S/C19H23ClN2O4/c1-4-19(5-2,18(24)25-6-3)16(23)17(22-12-11-21-13-22)26-15-9-7-14(20)8-10-15/h7-13,17H,4-6H2,1-3H3. The molecule has 1 aromatic heterocycles. The van der Waals surface area contributed by atoms with Gasteiger partial charge >= 0.3 is 5.97 Å². The number of benzene rings is 1. The molecule has 26 heavy (non-hydrogen) atoms. The summed E-state index contributed by atoms with van der Waals surface area (Å²) in [6.07, 6.45) is 4.25. The van der Waals surface area contributed by atoms with E-state index in [1.54, 1.807) is 57.4 Å². The van der Waals surface area contributed by atoms with Gasteiger partial charge in [-0.3, -0.25) is 14.2 Å². The lowest BCUT2D eigenvalue weighted by Crippen LogP contribution is -2.45. The van der Waals surface area contributed by atoms with Crippen LogP contribution in [0, 0.1) is 5.41 Å². The molecule has 0 aliphatic heterocycles. The molecule has 2 rings (SSSR count). The van der Waals surface area contributed by atoms with Crippen molar-refractivity contribution in [1.29, 1.82) is 0 Å². The highest BCUT2D eigenvalue weighted by atomic mass is 35.5. The van der Waals surface area contributed by atoms with Crippen LogP contribution in [0.25, 0.3) is 0 Å². The zero-order valence-electron chi connectivity index (χ0n) is 15.1. The van der Waals surface area contributed by atoms with Crippen LogP contribution in [0.2, 0.25) is 5.02 Å². The number of rotatable bonds is 9. The molecule has 0 aliphatic rings. The molecule has 1 atom stereocenters. The average molecular weight is 379 g/mol. The Kier molecular flexibility index (Phi) is 6.80. The second kappa shape index (κ2) is 8.85. The van der Waals surface area contributed by atoms with Crippen molar-refractivity contribution in [2.75, 3.05) is 6.61 Å². The zero-order chi connectivity index (χ0) is 19.2. The number of carbonyl (C=O) groups is 2. The van der Waals surface area contributed by atoms with Gasteiger partial charge in [-0.2, -0.15) is 0 Å². The van der Waals surface area contributed by atoms with Gasteiger partial charge in [-0.15, -0.1) is 0 Å². The summed E-state index contributed by atoms with van der Waals surface area (Å²) in [6.45, 7) is 5.52. The molecule has 0 amide bonds. The van der Waals surface area contributed by atoms with Gasteiger partial charge in [0.05, 0.1) is 12.9 Å². The number of hydrogen-bond acceptors (Lipinski definition) is 5. The Labute approximate surface area is 158 Å². The molecule has 0 radical (unpaired) electrons. The summed E-state index contributed by atoms with van der Waals surface area (Å²) in [5.74, 6) is -0.430. The monoisotopic (exact) mass is 378 g/mol. The summed E-state index contributed by atoms with van der Waals surface area (Å²) in [5.41, 5.74) is -1.28. The molecule has 6 nitrogen and oxygen atoms in total. The van der Waals surface area contributed by atoms with Crippen LogP contribution in [0.15, 0.2) is 43.0 Å². The van der Waals surface area contributed by atoms with Crippen LogP contribution in [0.1, 0.15) is 39.8 Å². The minimum absolute atomic E-state index is 0.210. The van der Waals surface area contributed by atoms with Gasteiger partial charge in [0.2, 0.25) is 12.0 Å². The van der Waals surface area contributed by atoms with Crippen LogP contribution in [-0.4, -0.2) is 27.9 Å². The van der Waals surface area contributed by atoms with E-state index in [1.807, 2.05) is 0 Å². The van der Waals surface area contributed by atoms with Crippen molar-refractivity contribution in [3.63, 3.8) is 0 Å². The highest BCUT2D eigenvalue weighted by Gasteiger charge is 2.48. The van der Waals surface area contributed by atoms with Gasteiger partial charge in [0.15, 0.2) is 0 Å². The van der Waals surface area contributed by atoms with Crippen LogP contribution < -0.4 is 4.74 Å². The fourth-order valence-corrected chi connectivity index (χ4v) is 2.92. The molecule has 0 N–H and O–H groups in total. The Bertz CT molecular complexity index is 725. The first-order chi connectivity index (χ1) is 12.5. The third-order valence-corrected chi connectivity index (χ3v) is 4.68. The van der Waals surface area contributed by atoms with Gasteiger partial charge < -0.3 is 9.47 Å². The molecule has 0 spiro atoms. The smallest absolute Gasteiger partial charge is 0.319 e. The first-order valence-electron chi connectivity index (χ1n) is 8.59. The van der Waals surface area contributed by atoms with Crippen molar-refractivity contribution < 1.29 is 19.1 Å². The summed E-state index contributed by atoms with van der Waals surface area (Å²) >= 11 is 5.91. The molecule has 1 aromatic carbocycles. The first-order valence-corrected chi connectivity index (χ1v) is 8.97. The normalized spacial score (nSPS) is 12.5. The van der Waals surface area contributed by atoms with Crippen molar-refractivity contribution in [3.05, 3.63) is 48.0 Å². The molecule has 2 aromatic rings. The number of ketones is 1. The zero-order valence-corrected chi connectivity index (χ0v) is 15.9. The molecule has 7 heteroatoms. The van der Waals surface area contributed by atoms with E-state index in [2.05, 4.69) is 4.98 Å². The summed E-state index contributed by atoms with van der Waals surface area (Å²) in [7, 11) is 0. The topological polar surface area (TPSA) is 70.4 Å². The maximum Gasteiger partial charge on any atom is 0.319 e. The number of ether oxygens (including phenoxy) is 2. The lowest BCUT2D eigenvalue weighted by molar-refractivity contribution is -0.165. The largest absolute Gasteiger partial charge is 0.465 e. The third-order valence-electron chi connectivity index (χ3n) is 4.43.